The van der Waals surface area contributed by atoms with Crippen molar-refractivity contribution in [3.8, 4) is 0 Å². The molecule has 8 nitrogen and oxygen atoms in total. The zero-order valence-corrected chi connectivity index (χ0v) is 14.1. The highest BCUT2D eigenvalue weighted by atomic mass is 32.2. The summed E-state index contributed by atoms with van der Waals surface area (Å²) in [6, 6.07) is 0.0422. The van der Waals surface area contributed by atoms with Gasteiger partial charge in [-0.3, -0.25) is 10.1 Å². The Labute approximate surface area is 139 Å². The standard InChI is InChI=1S/C14H22N6O2S/c1-23-9-10-5-4-8-20(10)14(22)15-12-11(16-18-17-12)13(21)19-6-2-3-7-19/h10H,2-9H2,1H3,(H2,15,16,17,18,22). The molecule has 1 unspecified atom stereocenters. The van der Waals surface area contributed by atoms with E-state index >= 15 is 0 Å². The van der Waals surface area contributed by atoms with E-state index in [-0.39, 0.29) is 29.5 Å². The molecule has 3 heterocycles. The van der Waals surface area contributed by atoms with Gasteiger partial charge in [0.05, 0.1) is 0 Å². The largest absolute Gasteiger partial charge is 0.337 e. The molecule has 0 radical (unpaired) electrons. The number of hydrogen-bond donors (Lipinski definition) is 2. The molecule has 0 spiro atoms. The first-order valence-electron chi connectivity index (χ1n) is 7.97. The summed E-state index contributed by atoms with van der Waals surface area (Å²) in [5, 5.41) is 13.1. The normalized spacial score (nSPS) is 21.0. The Morgan fingerprint density at radius 2 is 2.04 bits per heavy atom. The van der Waals surface area contributed by atoms with Crippen molar-refractivity contribution in [1.82, 2.24) is 25.2 Å². The summed E-state index contributed by atoms with van der Waals surface area (Å²) < 4.78 is 0. The van der Waals surface area contributed by atoms with E-state index in [2.05, 4.69) is 20.7 Å². The highest BCUT2D eigenvalue weighted by Crippen LogP contribution is 2.22. The number of hydrogen-bond acceptors (Lipinski definition) is 5. The molecule has 0 saturated carbocycles. The summed E-state index contributed by atoms with van der Waals surface area (Å²) in [6.45, 7) is 2.21. The van der Waals surface area contributed by atoms with Crippen LogP contribution < -0.4 is 5.32 Å². The summed E-state index contributed by atoms with van der Waals surface area (Å²) >= 11 is 1.74. The fourth-order valence-electron chi connectivity index (χ4n) is 3.18. The van der Waals surface area contributed by atoms with Gasteiger partial charge in [0.25, 0.3) is 5.91 Å². The van der Waals surface area contributed by atoms with E-state index in [1.807, 2.05) is 11.2 Å². The topological polar surface area (TPSA) is 94.2 Å². The van der Waals surface area contributed by atoms with Crippen LogP contribution >= 0.6 is 11.8 Å². The van der Waals surface area contributed by atoms with Gasteiger partial charge in [0, 0.05) is 31.4 Å². The van der Waals surface area contributed by atoms with Gasteiger partial charge in [0.1, 0.15) is 0 Å². The van der Waals surface area contributed by atoms with Crippen molar-refractivity contribution < 1.29 is 9.59 Å². The lowest BCUT2D eigenvalue weighted by molar-refractivity contribution is 0.0788. The van der Waals surface area contributed by atoms with Gasteiger partial charge >= 0.3 is 6.03 Å². The van der Waals surface area contributed by atoms with Crippen LogP contribution in [-0.4, -0.2) is 74.8 Å². The molecule has 1 aromatic heterocycles. The van der Waals surface area contributed by atoms with Crippen LogP contribution in [0.4, 0.5) is 10.6 Å². The number of amides is 3. The number of likely N-dealkylation sites (tertiary alicyclic amines) is 2. The van der Waals surface area contributed by atoms with Crippen LogP contribution in [0.3, 0.4) is 0 Å². The molecule has 126 valence electrons. The number of urea groups is 1. The lowest BCUT2D eigenvalue weighted by Crippen LogP contribution is -2.40. The number of aromatic amines is 1. The number of carbonyl (C=O) groups excluding carboxylic acids is 2. The average Bonchev–Trinajstić information content (AvgIpc) is 3.28. The predicted octanol–water partition coefficient (Wildman–Crippen LogP) is 1.40. The second-order valence-electron chi connectivity index (χ2n) is 5.90. The van der Waals surface area contributed by atoms with Gasteiger partial charge in [-0.25, -0.2) is 4.79 Å². The lowest BCUT2D eigenvalue weighted by atomic mass is 10.2. The third kappa shape index (κ3) is 3.44. The number of aromatic nitrogens is 3. The smallest absolute Gasteiger partial charge is 0.323 e. The van der Waals surface area contributed by atoms with E-state index in [0.29, 0.717) is 0 Å². The molecule has 2 aliphatic rings. The second-order valence-corrected chi connectivity index (χ2v) is 6.81. The molecule has 2 aliphatic heterocycles. The van der Waals surface area contributed by atoms with Gasteiger partial charge in [-0.15, -0.1) is 10.2 Å². The van der Waals surface area contributed by atoms with Crippen molar-refractivity contribution in [1.29, 1.82) is 0 Å². The number of thioether (sulfide) groups is 1. The number of anilines is 1. The van der Waals surface area contributed by atoms with E-state index < -0.39 is 0 Å². The maximum Gasteiger partial charge on any atom is 0.323 e. The van der Waals surface area contributed by atoms with Crippen LogP contribution in [0.25, 0.3) is 0 Å². The fraction of sp³-hybridized carbons (Fsp3) is 0.714. The molecule has 2 N–H and O–H groups in total. The molecule has 2 fully saturated rings. The number of nitrogens with one attached hydrogen (secondary N) is 2. The third-order valence-corrected chi connectivity index (χ3v) is 5.08. The van der Waals surface area contributed by atoms with Crippen LogP contribution in [0.5, 0.6) is 0 Å². The quantitative estimate of drug-likeness (QED) is 0.865. The summed E-state index contributed by atoms with van der Waals surface area (Å²) in [6.07, 6.45) is 6.09. The summed E-state index contributed by atoms with van der Waals surface area (Å²) in [4.78, 5) is 28.5. The van der Waals surface area contributed by atoms with E-state index in [1.165, 1.54) is 0 Å². The summed E-state index contributed by atoms with van der Waals surface area (Å²) in [5.74, 6) is 0.974. The molecule has 3 rings (SSSR count). The fourth-order valence-corrected chi connectivity index (χ4v) is 3.91. The monoisotopic (exact) mass is 338 g/mol. The Kier molecular flexibility index (Phi) is 5.04. The zero-order valence-electron chi connectivity index (χ0n) is 13.2. The first kappa shape index (κ1) is 16.1. The SMILES string of the molecule is CSCC1CCCN1C(=O)Nc1n[nH]nc1C(=O)N1CCCC1. The minimum absolute atomic E-state index is 0.173. The third-order valence-electron chi connectivity index (χ3n) is 4.37. The van der Waals surface area contributed by atoms with E-state index in [0.717, 1.165) is 51.1 Å². The van der Waals surface area contributed by atoms with Crippen molar-refractivity contribution in [2.24, 2.45) is 0 Å². The highest BCUT2D eigenvalue weighted by Gasteiger charge is 2.31. The van der Waals surface area contributed by atoms with Gasteiger partial charge < -0.3 is 9.80 Å². The number of H-pyrrole nitrogens is 1. The summed E-state index contributed by atoms with van der Waals surface area (Å²) in [5.41, 5.74) is 0.195. The Hall–Kier alpha value is -1.77. The van der Waals surface area contributed by atoms with Crippen molar-refractivity contribution in [3.05, 3.63) is 5.69 Å². The second kappa shape index (κ2) is 7.20. The molecule has 0 aliphatic carbocycles. The molecular formula is C14H22N6O2S. The zero-order chi connectivity index (χ0) is 16.2. The van der Waals surface area contributed by atoms with Crippen molar-refractivity contribution in [2.75, 3.05) is 37.0 Å². The minimum atomic E-state index is -0.203. The molecule has 1 atom stereocenters. The molecule has 23 heavy (non-hydrogen) atoms. The van der Waals surface area contributed by atoms with Crippen molar-refractivity contribution >= 4 is 29.5 Å². The lowest BCUT2D eigenvalue weighted by Gasteiger charge is -2.24. The molecular weight excluding hydrogens is 316 g/mol. The maximum atomic E-state index is 12.5. The van der Waals surface area contributed by atoms with Crippen LogP contribution in [0.15, 0.2) is 0 Å². The maximum absolute atomic E-state index is 12.5. The molecule has 0 bridgehead atoms. The van der Waals surface area contributed by atoms with E-state index in [9.17, 15) is 9.59 Å². The Balaban J connectivity index is 1.67. The van der Waals surface area contributed by atoms with Gasteiger partial charge in [0.15, 0.2) is 11.5 Å². The highest BCUT2D eigenvalue weighted by molar-refractivity contribution is 7.98. The van der Waals surface area contributed by atoms with Crippen LogP contribution in [-0.2, 0) is 0 Å². The Morgan fingerprint density at radius 1 is 1.26 bits per heavy atom. The molecule has 2 saturated heterocycles. The van der Waals surface area contributed by atoms with E-state index in [4.69, 9.17) is 0 Å². The number of nitrogens with zero attached hydrogens (tertiary/aromatic N) is 4. The first-order valence-corrected chi connectivity index (χ1v) is 9.36. The first-order chi connectivity index (χ1) is 11.2. The minimum Gasteiger partial charge on any atom is -0.337 e. The Bertz CT molecular complexity index is 571. The number of rotatable bonds is 4. The average molecular weight is 338 g/mol. The van der Waals surface area contributed by atoms with Gasteiger partial charge in [0.2, 0.25) is 0 Å². The predicted molar refractivity (Wildman–Crippen MR) is 88.6 cm³/mol. The molecule has 0 aromatic carbocycles. The van der Waals surface area contributed by atoms with Crippen molar-refractivity contribution in [2.45, 2.75) is 31.7 Å². The van der Waals surface area contributed by atoms with Crippen molar-refractivity contribution in [3.63, 3.8) is 0 Å². The Morgan fingerprint density at radius 3 is 2.78 bits per heavy atom. The van der Waals surface area contributed by atoms with E-state index in [1.54, 1.807) is 16.7 Å². The molecule has 9 heteroatoms. The molecule has 3 amide bonds. The van der Waals surface area contributed by atoms with Crippen LogP contribution in [0.2, 0.25) is 0 Å². The number of carbonyl (C=O) groups is 2. The van der Waals surface area contributed by atoms with Crippen LogP contribution in [0.1, 0.15) is 36.2 Å². The molecule has 1 aromatic rings. The van der Waals surface area contributed by atoms with Gasteiger partial charge in [-0.1, -0.05) is 0 Å². The summed E-state index contributed by atoms with van der Waals surface area (Å²) in [7, 11) is 0. The van der Waals surface area contributed by atoms with Gasteiger partial charge in [-0.2, -0.15) is 17.0 Å². The van der Waals surface area contributed by atoms with Crippen LogP contribution in [0, 0.1) is 0 Å². The van der Waals surface area contributed by atoms with Gasteiger partial charge in [-0.05, 0) is 31.9 Å².